The third kappa shape index (κ3) is 3.94. The maximum atomic E-state index is 6.16. The molecular formula is C16H31N3OS. The summed E-state index contributed by atoms with van der Waals surface area (Å²) in [4.78, 5) is 5.32. The Bertz CT molecular complexity index is 327. The highest BCUT2D eigenvalue weighted by Crippen LogP contribution is 2.39. The highest BCUT2D eigenvalue weighted by Gasteiger charge is 2.42. The van der Waals surface area contributed by atoms with Crippen molar-refractivity contribution < 1.29 is 4.74 Å². The van der Waals surface area contributed by atoms with Gasteiger partial charge < -0.3 is 15.4 Å². The molecule has 5 heteroatoms. The van der Waals surface area contributed by atoms with Crippen molar-refractivity contribution in [1.82, 2.24) is 9.80 Å². The molecule has 122 valence electrons. The van der Waals surface area contributed by atoms with E-state index in [0.29, 0.717) is 5.92 Å². The molecule has 2 N–H and O–H groups in total. The van der Waals surface area contributed by atoms with Gasteiger partial charge >= 0.3 is 0 Å². The van der Waals surface area contributed by atoms with E-state index >= 15 is 0 Å². The first kappa shape index (κ1) is 16.1. The zero-order valence-corrected chi connectivity index (χ0v) is 14.2. The minimum Gasteiger partial charge on any atom is -0.374 e. The molecule has 3 unspecified atom stereocenters. The van der Waals surface area contributed by atoms with E-state index in [2.05, 4.69) is 28.5 Å². The number of rotatable bonds is 4. The summed E-state index contributed by atoms with van der Waals surface area (Å²) in [6.07, 6.45) is 3.76. The second-order valence-corrected chi connectivity index (χ2v) is 8.26. The van der Waals surface area contributed by atoms with Gasteiger partial charge in [-0.25, -0.2) is 0 Å². The van der Waals surface area contributed by atoms with E-state index in [1.807, 2.05) is 0 Å². The van der Waals surface area contributed by atoms with Gasteiger partial charge in [-0.3, -0.25) is 4.90 Å². The van der Waals surface area contributed by atoms with Gasteiger partial charge in [0, 0.05) is 51.1 Å². The molecule has 0 aromatic rings. The Morgan fingerprint density at radius 1 is 1.33 bits per heavy atom. The van der Waals surface area contributed by atoms with Crippen LogP contribution in [-0.2, 0) is 4.74 Å². The van der Waals surface area contributed by atoms with Gasteiger partial charge in [0.2, 0.25) is 0 Å². The molecule has 3 aliphatic heterocycles. The fraction of sp³-hybridized carbons (Fsp3) is 1.00. The van der Waals surface area contributed by atoms with Crippen LogP contribution < -0.4 is 5.73 Å². The lowest BCUT2D eigenvalue weighted by Crippen LogP contribution is -2.55. The second kappa shape index (κ2) is 7.18. The molecule has 3 saturated heterocycles. The molecule has 0 bridgehead atoms. The van der Waals surface area contributed by atoms with Gasteiger partial charge in [0.05, 0.1) is 5.60 Å². The lowest BCUT2D eigenvalue weighted by Gasteiger charge is -2.45. The third-order valence-electron chi connectivity index (χ3n) is 5.43. The smallest absolute Gasteiger partial charge is 0.0795 e. The standard InChI is InChI=1S/C16H31N3OS/c1-14(11-17)12-18-4-6-19(7-5-18)15-2-8-20-16(10-15)3-9-21-13-16/h14-15H,2-13,17H2,1H3. The van der Waals surface area contributed by atoms with E-state index < -0.39 is 0 Å². The molecule has 0 aliphatic carbocycles. The van der Waals surface area contributed by atoms with Crippen LogP contribution in [0.2, 0.25) is 0 Å². The third-order valence-corrected chi connectivity index (χ3v) is 6.65. The lowest BCUT2D eigenvalue weighted by atomic mass is 9.88. The van der Waals surface area contributed by atoms with Crippen LogP contribution in [0.25, 0.3) is 0 Å². The molecule has 3 aliphatic rings. The van der Waals surface area contributed by atoms with E-state index in [-0.39, 0.29) is 5.60 Å². The summed E-state index contributed by atoms with van der Waals surface area (Å²) in [6, 6.07) is 0.756. The summed E-state index contributed by atoms with van der Waals surface area (Å²) in [6.45, 7) is 10.1. The first-order valence-corrected chi connectivity index (χ1v) is 9.74. The van der Waals surface area contributed by atoms with Gasteiger partial charge in [0.25, 0.3) is 0 Å². The van der Waals surface area contributed by atoms with Crippen molar-refractivity contribution in [1.29, 1.82) is 0 Å². The monoisotopic (exact) mass is 313 g/mol. The average Bonchev–Trinajstić information content (AvgIpc) is 2.95. The van der Waals surface area contributed by atoms with E-state index in [4.69, 9.17) is 10.5 Å². The van der Waals surface area contributed by atoms with Gasteiger partial charge in [0.1, 0.15) is 0 Å². The van der Waals surface area contributed by atoms with Gasteiger partial charge in [-0.1, -0.05) is 6.92 Å². The Hall–Kier alpha value is 0.190. The van der Waals surface area contributed by atoms with E-state index in [9.17, 15) is 0 Å². The average molecular weight is 314 g/mol. The number of ether oxygens (including phenoxy) is 1. The van der Waals surface area contributed by atoms with Crippen LogP contribution in [0.4, 0.5) is 0 Å². The molecule has 0 aromatic carbocycles. The van der Waals surface area contributed by atoms with Crippen molar-refractivity contribution in [3.63, 3.8) is 0 Å². The van der Waals surface area contributed by atoms with E-state index in [0.717, 1.165) is 19.2 Å². The SMILES string of the molecule is CC(CN)CN1CCN(C2CCOC3(CCSC3)C2)CC1. The van der Waals surface area contributed by atoms with Gasteiger partial charge in [0.15, 0.2) is 0 Å². The van der Waals surface area contributed by atoms with E-state index in [1.54, 1.807) is 0 Å². The predicted octanol–water partition coefficient (Wildman–Crippen LogP) is 1.25. The summed E-state index contributed by atoms with van der Waals surface area (Å²) in [5, 5.41) is 0. The summed E-state index contributed by atoms with van der Waals surface area (Å²) >= 11 is 2.07. The Balaban J connectivity index is 1.48. The summed E-state index contributed by atoms with van der Waals surface area (Å²) in [7, 11) is 0. The van der Waals surface area contributed by atoms with Gasteiger partial charge in [-0.2, -0.15) is 11.8 Å². The molecule has 3 atom stereocenters. The largest absolute Gasteiger partial charge is 0.374 e. The minimum absolute atomic E-state index is 0.221. The first-order valence-electron chi connectivity index (χ1n) is 8.59. The molecule has 1 spiro atoms. The molecule has 4 nitrogen and oxygen atoms in total. The number of nitrogens with zero attached hydrogens (tertiary/aromatic N) is 2. The molecule has 0 aromatic heterocycles. The van der Waals surface area contributed by atoms with Crippen LogP contribution in [-0.4, -0.2) is 78.8 Å². The van der Waals surface area contributed by atoms with Crippen LogP contribution in [0.3, 0.4) is 0 Å². The maximum Gasteiger partial charge on any atom is 0.0795 e. The molecule has 3 rings (SSSR count). The van der Waals surface area contributed by atoms with Crippen molar-refractivity contribution in [3.05, 3.63) is 0 Å². The van der Waals surface area contributed by atoms with E-state index in [1.165, 1.54) is 63.5 Å². The highest BCUT2D eigenvalue weighted by atomic mass is 32.2. The summed E-state index contributed by atoms with van der Waals surface area (Å²) in [5.41, 5.74) is 5.97. The van der Waals surface area contributed by atoms with Crippen LogP contribution in [0.1, 0.15) is 26.2 Å². The number of nitrogens with two attached hydrogens (primary N) is 1. The van der Waals surface area contributed by atoms with Crippen LogP contribution in [0.5, 0.6) is 0 Å². The Morgan fingerprint density at radius 3 is 2.81 bits per heavy atom. The van der Waals surface area contributed by atoms with Crippen molar-refractivity contribution in [3.8, 4) is 0 Å². The molecular weight excluding hydrogens is 282 g/mol. The van der Waals surface area contributed by atoms with Crippen LogP contribution in [0.15, 0.2) is 0 Å². The number of piperazine rings is 1. The van der Waals surface area contributed by atoms with Gasteiger partial charge in [-0.05, 0) is 37.5 Å². The Labute approximate surface area is 133 Å². The van der Waals surface area contributed by atoms with Crippen molar-refractivity contribution >= 4 is 11.8 Å². The fourth-order valence-electron chi connectivity index (χ4n) is 4.00. The Kier molecular flexibility index (Phi) is 5.49. The van der Waals surface area contributed by atoms with Crippen molar-refractivity contribution in [2.75, 3.05) is 57.4 Å². The minimum atomic E-state index is 0.221. The summed E-state index contributed by atoms with van der Waals surface area (Å²) < 4.78 is 6.16. The fourth-order valence-corrected chi connectivity index (χ4v) is 5.38. The van der Waals surface area contributed by atoms with Crippen molar-refractivity contribution in [2.45, 2.75) is 37.8 Å². The quantitative estimate of drug-likeness (QED) is 0.846. The van der Waals surface area contributed by atoms with Crippen molar-refractivity contribution in [2.24, 2.45) is 11.7 Å². The van der Waals surface area contributed by atoms with Crippen LogP contribution >= 0.6 is 11.8 Å². The first-order chi connectivity index (χ1) is 10.2. The molecule has 0 saturated carbocycles. The molecule has 3 fully saturated rings. The molecule has 21 heavy (non-hydrogen) atoms. The molecule has 3 heterocycles. The number of hydrogen-bond acceptors (Lipinski definition) is 5. The molecule has 0 radical (unpaired) electrons. The highest BCUT2D eigenvalue weighted by molar-refractivity contribution is 7.99. The zero-order valence-electron chi connectivity index (χ0n) is 13.4. The normalized spacial score (nSPS) is 37.1. The predicted molar refractivity (Wildman–Crippen MR) is 89.9 cm³/mol. The second-order valence-electron chi connectivity index (χ2n) is 7.16. The topological polar surface area (TPSA) is 41.7 Å². The number of thioether (sulfide) groups is 1. The number of hydrogen-bond donors (Lipinski definition) is 1. The summed E-state index contributed by atoms with van der Waals surface area (Å²) in [5.74, 6) is 3.13. The van der Waals surface area contributed by atoms with Crippen LogP contribution in [0, 0.1) is 5.92 Å². The lowest BCUT2D eigenvalue weighted by molar-refractivity contribution is -0.0942. The maximum absolute atomic E-state index is 6.16. The molecule has 0 amide bonds. The zero-order chi connectivity index (χ0) is 14.7. The van der Waals surface area contributed by atoms with Gasteiger partial charge in [-0.15, -0.1) is 0 Å². The Morgan fingerprint density at radius 2 is 2.14 bits per heavy atom.